The molecule has 19 heavy (non-hydrogen) atoms. The van der Waals surface area contributed by atoms with Crippen molar-refractivity contribution >= 4 is 23.5 Å². The van der Waals surface area contributed by atoms with Gasteiger partial charge in [0.2, 0.25) is 11.8 Å². The topological polar surface area (TPSA) is 87.3 Å². The molecule has 1 atom stereocenters. The van der Waals surface area contributed by atoms with Gasteiger partial charge in [-0.05, 0) is 24.1 Å². The highest BCUT2D eigenvalue weighted by molar-refractivity contribution is 6.05. The predicted molar refractivity (Wildman–Crippen MR) is 69.5 cm³/mol. The molecule has 1 heterocycles. The third-order valence-electron chi connectivity index (χ3n) is 2.89. The molecule has 0 bridgehead atoms. The van der Waals surface area contributed by atoms with Gasteiger partial charge >= 0.3 is 6.03 Å². The largest absolute Gasteiger partial charge is 0.325 e. The molecule has 1 aromatic carbocycles. The molecule has 0 radical (unpaired) electrons. The molecule has 1 fully saturated rings. The van der Waals surface area contributed by atoms with Crippen LogP contribution in [-0.4, -0.2) is 23.9 Å². The highest BCUT2D eigenvalue weighted by atomic mass is 16.2. The van der Waals surface area contributed by atoms with Crippen molar-refractivity contribution in [1.29, 1.82) is 0 Å². The maximum Gasteiger partial charge on any atom is 0.322 e. The molecule has 0 aliphatic carbocycles. The third kappa shape index (κ3) is 3.31. The minimum Gasteiger partial charge on any atom is -0.325 e. The lowest BCUT2D eigenvalue weighted by Crippen LogP contribution is -2.56. The zero-order valence-corrected chi connectivity index (χ0v) is 10.5. The molecule has 1 aliphatic heterocycles. The average molecular weight is 261 g/mol. The molecule has 0 saturated carbocycles. The molecule has 2 rings (SSSR count). The number of imide groups is 1. The van der Waals surface area contributed by atoms with E-state index >= 15 is 0 Å². The average Bonchev–Trinajstić information content (AvgIpc) is 2.38. The van der Waals surface area contributed by atoms with Gasteiger partial charge in [-0.2, -0.15) is 0 Å². The van der Waals surface area contributed by atoms with Gasteiger partial charge in [-0.25, -0.2) is 4.79 Å². The zero-order valence-electron chi connectivity index (χ0n) is 10.5. The van der Waals surface area contributed by atoms with Crippen LogP contribution < -0.4 is 16.0 Å². The number of nitrogens with one attached hydrogen (secondary N) is 3. The van der Waals surface area contributed by atoms with Gasteiger partial charge in [0.15, 0.2) is 0 Å². The summed E-state index contributed by atoms with van der Waals surface area (Å²) in [6.07, 6.45) is 0.873. The number of benzene rings is 1. The summed E-state index contributed by atoms with van der Waals surface area (Å²) in [5.74, 6) is -0.849. The van der Waals surface area contributed by atoms with E-state index in [2.05, 4.69) is 16.0 Å². The number of anilines is 1. The Bertz CT molecular complexity index is 494. The zero-order chi connectivity index (χ0) is 13.8. The predicted octanol–water partition coefficient (Wildman–Crippen LogP) is 0.786. The number of amides is 4. The van der Waals surface area contributed by atoms with Gasteiger partial charge in [-0.3, -0.25) is 14.9 Å². The second-order valence-corrected chi connectivity index (χ2v) is 4.32. The van der Waals surface area contributed by atoms with Gasteiger partial charge in [0.1, 0.15) is 6.04 Å². The van der Waals surface area contributed by atoms with E-state index < -0.39 is 23.9 Å². The number of hydrogen-bond donors (Lipinski definition) is 3. The van der Waals surface area contributed by atoms with E-state index in [0.717, 1.165) is 6.42 Å². The summed E-state index contributed by atoms with van der Waals surface area (Å²) in [5.41, 5.74) is 1.81. The van der Waals surface area contributed by atoms with Crippen molar-refractivity contribution in [3.63, 3.8) is 0 Å². The van der Waals surface area contributed by atoms with E-state index in [1.165, 1.54) is 5.56 Å². The maximum absolute atomic E-state index is 11.9. The van der Waals surface area contributed by atoms with Crippen LogP contribution in [0.5, 0.6) is 0 Å². The third-order valence-corrected chi connectivity index (χ3v) is 2.89. The highest BCUT2D eigenvalue weighted by Gasteiger charge is 2.29. The molecule has 100 valence electrons. The minimum absolute atomic E-state index is 0.0510. The van der Waals surface area contributed by atoms with Gasteiger partial charge in [0, 0.05) is 5.69 Å². The van der Waals surface area contributed by atoms with E-state index in [9.17, 15) is 14.4 Å². The van der Waals surface area contributed by atoms with E-state index in [4.69, 9.17) is 0 Å². The first-order valence-electron chi connectivity index (χ1n) is 6.08. The van der Waals surface area contributed by atoms with Crippen LogP contribution in [0.15, 0.2) is 24.3 Å². The fourth-order valence-corrected chi connectivity index (χ4v) is 1.82. The second kappa shape index (κ2) is 5.51. The molecule has 1 aliphatic rings. The van der Waals surface area contributed by atoms with Crippen LogP contribution in [0, 0.1) is 0 Å². The van der Waals surface area contributed by atoms with Crippen molar-refractivity contribution in [2.24, 2.45) is 0 Å². The lowest BCUT2D eigenvalue weighted by atomic mass is 10.1. The van der Waals surface area contributed by atoms with Crippen LogP contribution in [0.4, 0.5) is 10.5 Å². The van der Waals surface area contributed by atoms with Crippen molar-refractivity contribution < 1.29 is 14.4 Å². The van der Waals surface area contributed by atoms with Crippen LogP contribution in [0.25, 0.3) is 0 Å². The lowest BCUT2D eigenvalue weighted by Gasteiger charge is -2.22. The van der Waals surface area contributed by atoms with E-state index in [1.54, 1.807) is 12.1 Å². The fourth-order valence-electron chi connectivity index (χ4n) is 1.82. The molecule has 1 unspecified atom stereocenters. The molecule has 0 spiro atoms. The van der Waals surface area contributed by atoms with E-state index in [-0.39, 0.29) is 6.42 Å². The molecule has 6 heteroatoms. The van der Waals surface area contributed by atoms with Crippen molar-refractivity contribution in [2.75, 3.05) is 5.32 Å². The monoisotopic (exact) mass is 261 g/mol. The summed E-state index contributed by atoms with van der Waals surface area (Å²) in [7, 11) is 0. The standard InChI is InChI=1S/C13H15N3O3/c1-2-8-3-5-9(6-4-8)14-12(18)10-7-11(17)16-13(19)15-10/h3-6,10H,2,7H2,1H3,(H,14,18)(H2,15,16,17,19). The summed E-state index contributed by atoms with van der Waals surface area (Å²) in [6.45, 7) is 2.05. The van der Waals surface area contributed by atoms with Crippen LogP contribution in [0.3, 0.4) is 0 Å². The molecule has 0 aromatic heterocycles. The lowest BCUT2D eigenvalue weighted by molar-refractivity contribution is -0.126. The first kappa shape index (κ1) is 13.1. The molecule has 3 N–H and O–H groups in total. The van der Waals surface area contributed by atoms with Gasteiger partial charge < -0.3 is 10.6 Å². The Morgan fingerprint density at radius 3 is 2.58 bits per heavy atom. The normalized spacial score (nSPS) is 18.5. The van der Waals surface area contributed by atoms with Crippen molar-refractivity contribution in [3.8, 4) is 0 Å². The van der Waals surface area contributed by atoms with Crippen molar-refractivity contribution in [3.05, 3.63) is 29.8 Å². The molecule has 6 nitrogen and oxygen atoms in total. The highest BCUT2D eigenvalue weighted by Crippen LogP contribution is 2.11. The van der Waals surface area contributed by atoms with Crippen LogP contribution in [0.1, 0.15) is 18.9 Å². The molecule has 4 amide bonds. The number of rotatable bonds is 3. The molecular formula is C13H15N3O3. The van der Waals surface area contributed by atoms with Crippen LogP contribution >= 0.6 is 0 Å². The van der Waals surface area contributed by atoms with Crippen LogP contribution in [0.2, 0.25) is 0 Å². The van der Waals surface area contributed by atoms with E-state index in [0.29, 0.717) is 5.69 Å². The smallest absolute Gasteiger partial charge is 0.322 e. The summed E-state index contributed by atoms with van der Waals surface area (Å²) in [5, 5.41) is 7.15. The fraction of sp³-hybridized carbons (Fsp3) is 0.308. The Hall–Kier alpha value is -2.37. The Morgan fingerprint density at radius 2 is 2.00 bits per heavy atom. The summed E-state index contributed by atoms with van der Waals surface area (Å²) >= 11 is 0. The summed E-state index contributed by atoms with van der Waals surface area (Å²) < 4.78 is 0. The second-order valence-electron chi connectivity index (χ2n) is 4.32. The van der Waals surface area contributed by atoms with Gasteiger partial charge in [-0.1, -0.05) is 19.1 Å². The summed E-state index contributed by atoms with van der Waals surface area (Å²) in [6, 6.07) is 5.96. The minimum atomic E-state index is -0.827. The maximum atomic E-state index is 11.9. The number of carbonyl (C=O) groups excluding carboxylic acids is 3. The van der Waals surface area contributed by atoms with Crippen LogP contribution in [-0.2, 0) is 16.0 Å². The Labute approximate surface area is 110 Å². The molecule has 1 saturated heterocycles. The summed E-state index contributed by atoms with van der Waals surface area (Å²) in [4.78, 5) is 34.2. The molecule has 1 aromatic rings. The number of aryl methyl sites for hydroxylation is 1. The van der Waals surface area contributed by atoms with Gasteiger partial charge in [-0.15, -0.1) is 0 Å². The number of carbonyl (C=O) groups is 3. The van der Waals surface area contributed by atoms with E-state index in [1.807, 2.05) is 19.1 Å². The quantitative estimate of drug-likeness (QED) is 0.751. The van der Waals surface area contributed by atoms with Gasteiger partial charge in [0.25, 0.3) is 0 Å². The van der Waals surface area contributed by atoms with Crippen molar-refractivity contribution in [1.82, 2.24) is 10.6 Å². The van der Waals surface area contributed by atoms with Gasteiger partial charge in [0.05, 0.1) is 6.42 Å². The Kier molecular flexibility index (Phi) is 3.79. The number of urea groups is 1. The molecular weight excluding hydrogens is 246 g/mol. The number of hydrogen-bond acceptors (Lipinski definition) is 3. The Balaban J connectivity index is 1.99. The van der Waals surface area contributed by atoms with Crippen molar-refractivity contribution in [2.45, 2.75) is 25.8 Å². The Morgan fingerprint density at radius 1 is 1.32 bits per heavy atom. The first-order chi connectivity index (χ1) is 9.08. The SMILES string of the molecule is CCc1ccc(NC(=O)C2CC(=O)NC(=O)N2)cc1. The first-order valence-corrected chi connectivity index (χ1v) is 6.08.